The van der Waals surface area contributed by atoms with E-state index in [1.807, 2.05) is 31.2 Å². The largest absolute Gasteiger partial charge is 0.484 e. The number of para-hydroxylation sites is 1. The first kappa shape index (κ1) is 20.0. The number of carbonyl (C=O) groups excluding carboxylic acids is 2. The van der Waals surface area contributed by atoms with Crippen molar-refractivity contribution in [2.45, 2.75) is 6.92 Å². The van der Waals surface area contributed by atoms with E-state index in [9.17, 15) is 14.0 Å². The van der Waals surface area contributed by atoms with Gasteiger partial charge in [0.1, 0.15) is 11.6 Å². The van der Waals surface area contributed by atoms with Gasteiger partial charge in [0.25, 0.3) is 5.91 Å². The van der Waals surface area contributed by atoms with Gasteiger partial charge in [0.05, 0.1) is 0 Å². The Morgan fingerprint density at radius 2 is 1.76 bits per heavy atom. The molecule has 0 unspecified atom stereocenters. The van der Waals surface area contributed by atoms with Crippen molar-refractivity contribution in [2.75, 3.05) is 11.9 Å². The van der Waals surface area contributed by atoms with E-state index in [-0.39, 0.29) is 24.1 Å². The summed E-state index contributed by atoms with van der Waals surface area (Å²) >= 11 is 0. The third-order valence-electron chi connectivity index (χ3n) is 4.20. The Hall–Kier alpha value is -3.73. The van der Waals surface area contributed by atoms with Crippen LogP contribution in [0.3, 0.4) is 0 Å². The molecule has 0 radical (unpaired) electrons. The topological polar surface area (TPSA) is 55.4 Å². The molecular weight excluding hydrogens is 369 g/mol. The average molecular weight is 389 g/mol. The maximum atomic E-state index is 13.2. The van der Waals surface area contributed by atoms with Crippen molar-refractivity contribution in [1.82, 2.24) is 0 Å². The fourth-order valence-corrected chi connectivity index (χ4v) is 2.64. The number of halogens is 1. The molecule has 3 aromatic rings. The number of hydrogen-bond donors (Lipinski definition) is 1. The number of allylic oxidation sites excluding steroid dienone is 1. The molecule has 0 atom stereocenters. The van der Waals surface area contributed by atoms with Crippen LogP contribution in [-0.4, -0.2) is 18.3 Å². The van der Waals surface area contributed by atoms with Crippen LogP contribution < -0.4 is 10.1 Å². The van der Waals surface area contributed by atoms with E-state index < -0.39 is 0 Å². The number of carbonyl (C=O) groups is 2. The Bertz CT molecular complexity index is 1040. The van der Waals surface area contributed by atoms with Gasteiger partial charge in [0.2, 0.25) is 0 Å². The van der Waals surface area contributed by atoms with E-state index in [0.717, 1.165) is 11.3 Å². The smallest absolute Gasteiger partial charge is 0.262 e. The molecule has 0 aliphatic carbocycles. The molecule has 29 heavy (non-hydrogen) atoms. The van der Waals surface area contributed by atoms with Crippen LogP contribution in [0.2, 0.25) is 0 Å². The molecule has 3 rings (SSSR count). The first-order valence-electron chi connectivity index (χ1n) is 9.07. The zero-order valence-electron chi connectivity index (χ0n) is 15.9. The van der Waals surface area contributed by atoms with Crippen LogP contribution >= 0.6 is 0 Å². The SMILES string of the molecule is Cc1ccccc1NC(=O)COc1ccc(C(=O)/C=C/c2cccc(F)c2)cc1. The number of rotatable bonds is 7. The molecule has 0 aliphatic heterocycles. The van der Waals surface area contributed by atoms with Gasteiger partial charge in [-0.15, -0.1) is 0 Å². The second-order valence-electron chi connectivity index (χ2n) is 6.43. The van der Waals surface area contributed by atoms with Crippen molar-refractivity contribution in [3.63, 3.8) is 0 Å². The summed E-state index contributed by atoms with van der Waals surface area (Å²) in [6.07, 6.45) is 2.95. The number of hydrogen-bond acceptors (Lipinski definition) is 3. The summed E-state index contributed by atoms with van der Waals surface area (Å²) < 4.78 is 18.6. The molecule has 0 heterocycles. The van der Waals surface area contributed by atoms with Crippen molar-refractivity contribution in [3.8, 4) is 5.75 Å². The van der Waals surface area contributed by atoms with Gasteiger partial charge in [0.15, 0.2) is 12.4 Å². The molecule has 1 N–H and O–H groups in total. The van der Waals surface area contributed by atoms with Gasteiger partial charge in [-0.1, -0.05) is 36.4 Å². The van der Waals surface area contributed by atoms with Gasteiger partial charge in [-0.2, -0.15) is 0 Å². The molecule has 0 aliphatic rings. The number of ether oxygens (including phenoxy) is 1. The van der Waals surface area contributed by atoms with Crippen molar-refractivity contribution in [1.29, 1.82) is 0 Å². The Balaban J connectivity index is 1.53. The lowest BCUT2D eigenvalue weighted by Crippen LogP contribution is -2.20. The third-order valence-corrected chi connectivity index (χ3v) is 4.20. The molecule has 0 fully saturated rings. The third kappa shape index (κ3) is 5.87. The molecule has 0 bridgehead atoms. The molecule has 1 amide bonds. The monoisotopic (exact) mass is 389 g/mol. The maximum Gasteiger partial charge on any atom is 0.262 e. The number of amides is 1. The number of anilines is 1. The molecular formula is C24H20FNO3. The first-order chi connectivity index (χ1) is 14.0. The summed E-state index contributed by atoms with van der Waals surface area (Å²) in [6, 6.07) is 20.0. The fourth-order valence-electron chi connectivity index (χ4n) is 2.64. The van der Waals surface area contributed by atoms with E-state index in [4.69, 9.17) is 4.74 Å². The van der Waals surface area contributed by atoms with E-state index in [1.54, 1.807) is 42.5 Å². The molecule has 0 saturated carbocycles. The minimum Gasteiger partial charge on any atom is -0.484 e. The normalized spacial score (nSPS) is 10.7. The summed E-state index contributed by atoms with van der Waals surface area (Å²) in [7, 11) is 0. The lowest BCUT2D eigenvalue weighted by Gasteiger charge is -2.09. The predicted octanol–water partition coefficient (Wildman–Crippen LogP) is 5.05. The second kappa shape index (κ2) is 9.46. The Labute approximate surface area is 168 Å². The highest BCUT2D eigenvalue weighted by molar-refractivity contribution is 6.06. The molecule has 0 spiro atoms. The van der Waals surface area contributed by atoms with Crippen LogP contribution in [-0.2, 0) is 4.79 Å². The van der Waals surface area contributed by atoms with E-state index in [0.29, 0.717) is 16.9 Å². The van der Waals surface area contributed by atoms with Gasteiger partial charge < -0.3 is 10.1 Å². The van der Waals surface area contributed by atoms with Crippen molar-refractivity contribution in [2.24, 2.45) is 0 Å². The van der Waals surface area contributed by atoms with Gasteiger partial charge in [-0.25, -0.2) is 4.39 Å². The van der Waals surface area contributed by atoms with Gasteiger partial charge in [0, 0.05) is 11.3 Å². The first-order valence-corrected chi connectivity index (χ1v) is 9.07. The maximum absolute atomic E-state index is 13.2. The molecule has 4 nitrogen and oxygen atoms in total. The summed E-state index contributed by atoms with van der Waals surface area (Å²) in [4.78, 5) is 24.3. The lowest BCUT2D eigenvalue weighted by atomic mass is 10.1. The highest BCUT2D eigenvalue weighted by Gasteiger charge is 2.07. The summed E-state index contributed by atoms with van der Waals surface area (Å²) in [5, 5.41) is 2.79. The summed E-state index contributed by atoms with van der Waals surface area (Å²) in [6.45, 7) is 1.77. The standard InChI is InChI=1S/C24H20FNO3/c1-17-5-2-3-8-22(17)26-24(28)16-29-21-12-10-19(11-13-21)23(27)14-9-18-6-4-7-20(25)15-18/h2-15H,16H2,1H3,(H,26,28)/b14-9+. The van der Waals surface area contributed by atoms with Gasteiger partial charge in [-0.3, -0.25) is 9.59 Å². The van der Waals surface area contributed by atoms with Crippen LogP contribution in [0.15, 0.2) is 78.9 Å². The summed E-state index contributed by atoms with van der Waals surface area (Å²) in [5.74, 6) is -0.348. The summed E-state index contributed by atoms with van der Waals surface area (Å²) in [5.41, 5.74) is 2.79. The average Bonchev–Trinajstić information content (AvgIpc) is 2.73. The van der Waals surface area contributed by atoms with Gasteiger partial charge in [-0.05, 0) is 66.6 Å². The number of benzene rings is 3. The quantitative estimate of drug-likeness (QED) is 0.455. The molecule has 5 heteroatoms. The van der Waals surface area contributed by atoms with E-state index in [2.05, 4.69) is 5.32 Å². The van der Waals surface area contributed by atoms with E-state index in [1.165, 1.54) is 18.2 Å². The Morgan fingerprint density at radius 1 is 1.00 bits per heavy atom. The van der Waals surface area contributed by atoms with Gasteiger partial charge >= 0.3 is 0 Å². The minimum atomic E-state index is -0.354. The Morgan fingerprint density at radius 3 is 2.48 bits per heavy atom. The number of nitrogens with one attached hydrogen (secondary N) is 1. The van der Waals surface area contributed by atoms with Crippen molar-refractivity contribution in [3.05, 3.63) is 101 Å². The van der Waals surface area contributed by atoms with Crippen LogP contribution in [0.4, 0.5) is 10.1 Å². The highest BCUT2D eigenvalue weighted by Crippen LogP contribution is 2.15. The molecule has 146 valence electrons. The van der Waals surface area contributed by atoms with E-state index >= 15 is 0 Å². The fraction of sp³-hybridized carbons (Fsp3) is 0.0833. The van der Waals surface area contributed by atoms with Crippen LogP contribution in [0.5, 0.6) is 5.75 Å². The van der Waals surface area contributed by atoms with Crippen molar-refractivity contribution < 1.29 is 18.7 Å². The predicted molar refractivity (Wildman–Crippen MR) is 112 cm³/mol. The van der Waals surface area contributed by atoms with Crippen molar-refractivity contribution >= 4 is 23.5 Å². The van der Waals surface area contributed by atoms with Crippen LogP contribution in [0, 0.1) is 12.7 Å². The van der Waals surface area contributed by atoms with Crippen LogP contribution in [0.1, 0.15) is 21.5 Å². The highest BCUT2D eigenvalue weighted by atomic mass is 19.1. The zero-order chi connectivity index (χ0) is 20.6. The molecule has 3 aromatic carbocycles. The number of aryl methyl sites for hydroxylation is 1. The van der Waals surface area contributed by atoms with Crippen LogP contribution in [0.25, 0.3) is 6.08 Å². The molecule has 0 aromatic heterocycles. The lowest BCUT2D eigenvalue weighted by molar-refractivity contribution is -0.118. The second-order valence-corrected chi connectivity index (χ2v) is 6.43. The molecule has 0 saturated heterocycles. The minimum absolute atomic E-state index is 0.138. The number of ketones is 1. The Kier molecular flexibility index (Phi) is 6.53. The zero-order valence-corrected chi connectivity index (χ0v) is 15.9.